The Bertz CT molecular complexity index is 423. The lowest BCUT2D eigenvalue weighted by atomic mass is 9.95. The van der Waals surface area contributed by atoms with Crippen molar-refractivity contribution in [3.8, 4) is 0 Å². The van der Waals surface area contributed by atoms with Gasteiger partial charge in [0.05, 0.1) is 12.2 Å². The molecule has 1 aromatic rings. The zero-order valence-corrected chi connectivity index (χ0v) is 13.5. The summed E-state index contributed by atoms with van der Waals surface area (Å²) < 4.78 is 5.52. The van der Waals surface area contributed by atoms with Crippen molar-refractivity contribution in [1.82, 2.24) is 9.88 Å². The first-order valence-corrected chi connectivity index (χ1v) is 7.45. The Balaban J connectivity index is 2.66. The summed E-state index contributed by atoms with van der Waals surface area (Å²) in [6.07, 6.45) is 0.0207. The number of thiazole rings is 1. The van der Waals surface area contributed by atoms with Gasteiger partial charge < -0.3 is 9.64 Å². The minimum atomic E-state index is -0.355. The molecule has 0 saturated heterocycles. The third kappa shape index (κ3) is 4.58. The highest BCUT2D eigenvalue weighted by molar-refractivity contribution is 7.09. The molecule has 19 heavy (non-hydrogen) atoms. The van der Waals surface area contributed by atoms with Gasteiger partial charge in [0.1, 0.15) is 11.1 Å². The quantitative estimate of drug-likeness (QED) is 0.833. The number of amides is 1. The van der Waals surface area contributed by atoms with Crippen LogP contribution in [0, 0.1) is 5.41 Å². The molecule has 108 valence electrons. The molecule has 0 bridgehead atoms. The Hall–Kier alpha value is -0.940. The fourth-order valence-electron chi connectivity index (χ4n) is 1.79. The van der Waals surface area contributed by atoms with Crippen LogP contribution in [0.15, 0.2) is 5.38 Å². The van der Waals surface area contributed by atoms with Crippen molar-refractivity contribution in [1.29, 1.82) is 0 Å². The summed E-state index contributed by atoms with van der Waals surface area (Å²) in [5.41, 5.74) is 0.568. The molecule has 0 fully saturated rings. The summed E-state index contributed by atoms with van der Waals surface area (Å²) in [5.74, 6) is 0.125. The van der Waals surface area contributed by atoms with Crippen LogP contribution in [-0.4, -0.2) is 29.4 Å². The topological polar surface area (TPSA) is 42.4 Å². The fourth-order valence-corrected chi connectivity index (χ4v) is 2.60. The first-order chi connectivity index (χ1) is 8.75. The second-order valence-corrected chi connectivity index (χ2v) is 6.58. The van der Waals surface area contributed by atoms with Crippen molar-refractivity contribution < 1.29 is 9.53 Å². The van der Waals surface area contributed by atoms with Gasteiger partial charge in [-0.15, -0.1) is 11.3 Å². The van der Waals surface area contributed by atoms with E-state index in [1.165, 1.54) is 0 Å². The molecule has 1 aromatic heterocycles. The number of ether oxygens (including phenoxy) is 1. The van der Waals surface area contributed by atoms with Crippen LogP contribution in [0.25, 0.3) is 0 Å². The van der Waals surface area contributed by atoms with E-state index in [1.54, 1.807) is 16.2 Å². The van der Waals surface area contributed by atoms with Crippen LogP contribution in [0.4, 0.5) is 0 Å². The van der Waals surface area contributed by atoms with Crippen LogP contribution in [0.3, 0.4) is 0 Å². The predicted molar refractivity (Wildman–Crippen MR) is 78.1 cm³/mol. The van der Waals surface area contributed by atoms with Crippen LogP contribution >= 0.6 is 11.3 Å². The van der Waals surface area contributed by atoms with Gasteiger partial charge in [-0.3, -0.25) is 4.79 Å². The van der Waals surface area contributed by atoms with Crippen molar-refractivity contribution in [3.05, 3.63) is 16.1 Å². The zero-order chi connectivity index (χ0) is 14.6. The maximum absolute atomic E-state index is 12.1. The normalized spacial score (nSPS) is 13.4. The second-order valence-electron chi connectivity index (χ2n) is 5.69. The lowest BCUT2D eigenvalue weighted by Gasteiger charge is -2.25. The lowest BCUT2D eigenvalue weighted by molar-refractivity contribution is -0.138. The van der Waals surface area contributed by atoms with Crippen LogP contribution in [0.5, 0.6) is 0 Å². The molecule has 0 spiro atoms. The maximum atomic E-state index is 12.1. The molecule has 1 heterocycles. The summed E-state index contributed by atoms with van der Waals surface area (Å²) in [6, 6.07) is 0. The number of carbonyl (C=O) groups is 1. The highest BCUT2D eigenvalue weighted by Crippen LogP contribution is 2.23. The second kappa shape index (κ2) is 6.48. The van der Waals surface area contributed by atoms with E-state index >= 15 is 0 Å². The van der Waals surface area contributed by atoms with Crippen molar-refractivity contribution in [2.45, 2.75) is 47.3 Å². The molecule has 1 unspecified atom stereocenters. The van der Waals surface area contributed by atoms with E-state index in [4.69, 9.17) is 4.74 Å². The van der Waals surface area contributed by atoms with E-state index in [0.717, 1.165) is 10.7 Å². The van der Waals surface area contributed by atoms with Gasteiger partial charge >= 0.3 is 0 Å². The highest BCUT2D eigenvalue weighted by atomic mass is 32.1. The Morgan fingerprint density at radius 3 is 2.68 bits per heavy atom. The van der Waals surface area contributed by atoms with Crippen LogP contribution < -0.4 is 0 Å². The monoisotopic (exact) mass is 284 g/mol. The number of rotatable bonds is 5. The SMILES string of the molecule is CCOC(C)c1nc(CN(C)C(=O)C(C)(C)C)cs1. The molecular weight excluding hydrogens is 260 g/mol. The van der Waals surface area contributed by atoms with Crippen LogP contribution in [-0.2, 0) is 16.1 Å². The third-order valence-corrected chi connectivity index (χ3v) is 3.78. The number of hydrogen-bond acceptors (Lipinski definition) is 4. The smallest absolute Gasteiger partial charge is 0.228 e. The van der Waals surface area contributed by atoms with Gasteiger partial charge in [0, 0.05) is 24.4 Å². The molecule has 1 amide bonds. The highest BCUT2D eigenvalue weighted by Gasteiger charge is 2.25. The molecule has 1 atom stereocenters. The van der Waals surface area contributed by atoms with Gasteiger partial charge in [0.2, 0.25) is 5.91 Å². The van der Waals surface area contributed by atoms with Crippen molar-refractivity contribution in [3.63, 3.8) is 0 Å². The van der Waals surface area contributed by atoms with Crippen LogP contribution in [0.1, 0.15) is 51.4 Å². The van der Waals surface area contributed by atoms with Gasteiger partial charge in [-0.05, 0) is 13.8 Å². The molecular formula is C14H24N2O2S. The molecule has 0 radical (unpaired) electrons. The van der Waals surface area contributed by atoms with Crippen LogP contribution in [0.2, 0.25) is 0 Å². The lowest BCUT2D eigenvalue weighted by Crippen LogP contribution is -2.36. The molecule has 0 aliphatic rings. The average Bonchev–Trinajstić information content (AvgIpc) is 2.75. The molecule has 5 heteroatoms. The van der Waals surface area contributed by atoms with Crippen molar-refractivity contribution in [2.24, 2.45) is 5.41 Å². The molecule has 0 aliphatic carbocycles. The van der Waals surface area contributed by atoms with E-state index in [9.17, 15) is 4.79 Å². The number of carbonyl (C=O) groups excluding carboxylic acids is 1. The largest absolute Gasteiger partial charge is 0.372 e. The maximum Gasteiger partial charge on any atom is 0.228 e. The molecule has 0 N–H and O–H groups in total. The van der Waals surface area contributed by atoms with Gasteiger partial charge in [0.15, 0.2) is 0 Å². The fraction of sp³-hybridized carbons (Fsp3) is 0.714. The van der Waals surface area contributed by atoms with Crippen molar-refractivity contribution >= 4 is 17.2 Å². The Kier molecular flexibility index (Phi) is 5.50. The average molecular weight is 284 g/mol. The predicted octanol–water partition coefficient (Wildman–Crippen LogP) is 3.25. The Labute approximate surface area is 119 Å². The van der Waals surface area contributed by atoms with Gasteiger partial charge in [-0.2, -0.15) is 0 Å². The van der Waals surface area contributed by atoms with Crippen molar-refractivity contribution in [2.75, 3.05) is 13.7 Å². The number of nitrogens with zero attached hydrogens (tertiary/aromatic N) is 2. The number of aromatic nitrogens is 1. The molecule has 4 nitrogen and oxygen atoms in total. The summed E-state index contributed by atoms with van der Waals surface area (Å²) in [7, 11) is 1.82. The van der Waals surface area contributed by atoms with E-state index in [1.807, 2.05) is 47.0 Å². The summed E-state index contributed by atoms with van der Waals surface area (Å²) >= 11 is 1.58. The molecule has 0 aliphatic heterocycles. The number of hydrogen-bond donors (Lipinski definition) is 0. The summed E-state index contributed by atoms with van der Waals surface area (Å²) in [4.78, 5) is 18.3. The van der Waals surface area contributed by atoms with E-state index < -0.39 is 0 Å². The Morgan fingerprint density at radius 1 is 1.53 bits per heavy atom. The molecule has 1 rings (SSSR count). The van der Waals surface area contributed by atoms with E-state index in [-0.39, 0.29) is 17.4 Å². The van der Waals surface area contributed by atoms with E-state index in [2.05, 4.69) is 4.98 Å². The van der Waals surface area contributed by atoms with Gasteiger partial charge in [-0.25, -0.2) is 4.98 Å². The third-order valence-electron chi connectivity index (χ3n) is 2.72. The summed E-state index contributed by atoms with van der Waals surface area (Å²) in [6.45, 7) is 11.0. The minimum absolute atomic E-state index is 0.0207. The molecule has 0 saturated carbocycles. The first-order valence-electron chi connectivity index (χ1n) is 6.57. The van der Waals surface area contributed by atoms with E-state index in [0.29, 0.717) is 13.2 Å². The van der Waals surface area contributed by atoms with Gasteiger partial charge in [-0.1, -0.05) is 20.8 Å². The molecule has 0 aromatic carbocycles. The standard InChI is InChI=1S/C14H24N2O2S/c1-7-18-10(2)12-15-11(9-19-12)8-16(6)13(17)14(3,4)5/h9-10H,7-8H2,1-6H3. The Morgan fingerprint density at radius 2 is 2.16 bits per heavy atom. The zero-order valence-electron chi connectivity index (χ0n) is 12.7. The van der Waals surface area contributed by atoms with Gasteiger partial charge in [0.25, 0.3) is 0 Å². The minimum Gasteiger partial charge on any atom is -0.372 e. The summed E-state index contributed by atoms with van der Waals surface area (Å²) in [5, 5.41) is 2.96. The first kappa shape index (κ1) is 16.1.